The molecule has 18 heavy (non-hydrogen) atoms. The van der Waals surface area contributed by atoms with Crippen LogP contribution in [0.2, 0.25) is 10.0 Å². The summed E-state index contributed by atoms with van der Waals surface area (Å²) in [6.07, 6.45) is 1.71. The highest BCUT2D eigenvalue weighted by Crippen LogP contribution is 2.32. The van der Waals surface area contributed by atoms with Crippen LogP contribution in [0, 0.1) is 0 Å². The van der Waals surface area contributed by atoms with E-state index >= 15 is 0 Å². The molecule has 2 aromatic rings. The van der Waals surface area contributed by atoms with Crippen LogP contribution in [0.25, 0.3) is 0 Å². The van der Waals surface area contributed by atoms with Gasteiger partial charge in [-0.15, -0.1) is 0 Å². The number of halogens is 3. The van der Waals surface area contributed by atoms with E-state index in [0.29, 0.717) is 10.0 Å². The second-order valence-electron chi connectivity index (χ2n) is 3.77. The SMILES string of the molecule is Cn1ncc(Br)c1C(NN)c1ccc(Cl)cc1Cl. The van der Waals surface area contributed by atoms with Gasteiger partial charge < -0.3 is 0 Å². The Morgan fingerprint density at radius 2 is 2.17 bits per heavy atom. The van der Waals surface area contributed by atoms with E-state index < -0.39 is 0 Å². The van der Waals surface area contributed by atoms with Crippen LogP contribution in [0.15, 0.2) is 28.9 Å². The Balaban J connectivity index is 2.52. The lowest BCUT2D eigenvalue weighted by Crippen LogP contribution is -2.30. The van der Waals surface area contributed by atoms with Gasteiger partial charge in [0.15, 0.2) is 0 Å². The average Bonchev–Trinajstić information content (AvgIpc) is 2.64. The first kappa shape index (κ1) is 13.8. The first-order valence-electron chi connectivity index (χ1n) is 5.13. The number of aryl methyl sites for hydroxylation is 1. The van der Waals surface area contributed by atoms with Gasteiger partial charge in [0, 0.05) is 17.1 Å². The van der Waals surface area contributed by atoms with Crippen LogP contribution in [0.1, 0.15) is 17.3 Å². The van der Waals surface area contributed by atoms with Gasteiger partial charge in [0.05, 0.1) is 22.4 Å². The second-order valence-corrected chi connectivity index (χ2v) is 5.46. The molecule has 2 rings (SSSR count). The lowest BCUT2D eigenvalue weighted by molar-refractivity contribution is 0.573. The molecule has 0 aliphatic heterocycles. The fourth-order valence-electron chi connectivity index (χ4n) is 1.80. The van der Waals surface area contributed by atoms with E-state index in [4.69, 9.17) is 29.0 Å². The number of benzene rings is 1. The van der Waals surface area contributed by atoms with Gasteiger partial charge in [0.1, 0.15) is 0 Å². The van der Waals surface area contributed by atoms with E-state index in [-0.39, 0.29) is 6.04 Å². The quantitative estimate of drug-likeness (QED) is 0.661. The van der Waals surface area contributed by atoms with Crippen molar-refractivity contribution in [1.82, 2.24) is 15.2 Å². The molecule has 0 amide bonds. The number of hydrogen-bond acceptors (Lipinski definition) is 3. The van der Waals surface area contributed by atoms with Crippen LogP contribution in [-0.2, 0) is 7.05 Å². The number of nitrogens with one attached hydrogen (secondary N) is 1. The third-order valence-corrected chi connectivity index (χ3v) is 3.82. The maximum Gasteiger partial charge on any atom is 0.0904 e. The molecular formula is C11H11BrCl2N4. The van der Waals surface area contributed by atoms with E-state index in [9.17, 15) is 0 Å². The maximum atomic E-state index is 6.20. The van der Waals surface area contributed by atoms with E-state index in [1.165, 1.54) is 0 Å². The van der Waals surface area contributed by atoms with Crippen molar-refractivity contribution in [3.05, 3.63) is 50.2 Å². The summed E-state index contributed by atoms with van der Waals surface area (Å²) in [6.45, 7) is 0. The number of rotatable bonds is 3. The Morgan fingerprint density at radius 1 is 1.44 bits per heavy atom. The van der Waals surface area contributed by atoms with Crippen molar-refractivity contribution >= 4 is 39.1 Å². The smallest absolute Gasteiger partial charge is 0.0904 e. The predicted molar refractivity (Wildman–Crippen MR) is 76.5 cm³/mol. The lowest BCUT2D eigenvalue weighted by atomic mass is 10.0. The van der Waals surface area contributed by atoms with E-state index in [1.54, 1.807) is 23.0 Å². The molecule has 0 spiro atoms. The third-order valence-electron chi connectivity index (χ3n) is 2.65. The van der Waals surface area contributed by atoms with Crippen molar-refractivity contribution < 1.29 is 0 Å². The summed E-state index contributed by atoms with van der Waals surface area (Å²) in [7, 11) is 1.84. The highest BCUT2D eigenvalue weighted by molar-refractivity contribution is 9.10. The minimum absolute atomic E-state index is 0.267. The summed E-state index contributed by atoms with van der Waals surface area (Å²) in [5.74, 6) is 5.64. The first-order chi connectivity index (χ1) is 8.54. The minimum atomic E-state index is -0.267. The molecule has 0 fully saturated rings. The second kappa shape index (κ2) is 5.59. The van der Waals surface area contributed by atoms with Crippen LogP contribution in [-0.4, -0.2) is 9.78 Å². The minimum Gasteiger partial charge on any atom is -0.271 e. The first-order valence-corrected chi connectivity index (χ1v) is 6.68. The van der Waals surface area contributed by atoms with Crippen LogP contribution in [0.3, 0.4) is 0 Å². The normalized spacial score (nSPS) is 12.7. The summed E-state index contributed by atoms with van der Waals surface area (Å²) < 4.78 is 2.60. The average molecular weight is 350 g/mol. The molecular weight excluding hydrogens is 339 g/mol. The van der Waals surface area contributed by atoms with Gasteiger partial charge in [-0.05, 0) is 33.6 Å². The molecule has 0 saturated heterocycles. The predicted octanol–water partition coefficient (Wildman–Crippen LogP) is 3.04. The Labute approximate surface area is 123 Å². The van der Waals surface area contributed by atoms with Crippen LogP contribution < -0.4 is 11.3 Å². The largest absolute Gasteiger partial charge is 0.271 e. The topological polar surface area (TPSA) is 55.9 Å². The number of hydrogen-bond donors (Lipinski definition) is 2. The van der Waals surface area contributed by atoms with Crippen molar-refractivity contribution in [3.8, 4) is 0 Å². The van der Waals surface area contributed by atoms with Gasteiger partial charge in [0.2, 0.25) is 0 Å². The van der Waals surface area contributed by atoms with E-state index in [0.717, 1.165) is 15.7 Å². The molecule has 0 bridgehead atoms. The van der Waals surface area contributed by atoms with Crippen LogP contribution >= 0.6 is 39.1 Å². The zero-order chi connectivity index (χ0) is 13.3. The molecule has 96 valence electrons. The van der Waals surface area contributed by atoms with Crippen molar-refractivity contribution in [1.29, 1.82) is 0 Å². The molecule has 4 nitrogen and oxygen atoms in total. The molecule has 0 saturated carbocycles. The zero-order valence-electron chi connectivity index (χ0n) is 9.49. The highest BCUT2D eigenvalue weighted by atomic mass is 79.9. The summed E-state index contributed by atoms with van der Waals surface area (Å²) in [5, 5.41) is 5.30. The highest BCUT2D eigenvalue weighted by Gasteiger charge is 2.21. The molecule has 1 atom stereocenters. The summed E-state index contributed by atoms with van der Waals surface area (Å²) in [6, 6.07) is 5.04. The monoisotopic (exact) mass is 348 g/mol. The molecule has 1 unspecified atom stereocenters. The van der Waals surface area contributed by atoms with Gasteiger partial charge in [-0.25, -0.2) is 5.43 Å². The Bertz CT molecular complexity index is 551. The van der Waals surface area contributed by atoms with Gasteiger partial charge in [-0.1, -0.05) is 29.3 Å². The van der Waals surface area contributed by atoms with E-state index in [2.05, 4.69) is 26.5 Å². The standard InChI is InChI=1S/C11H11BrCl2N4/c1-18-11(8(12)5-16-18)10(17-15)7-3-2-6(13)4-9(7)14/h2-5,10,17H,15H2,1H3. The number of aromatic nitrogens is 2. The fourth-order valence-corrected chi connectivity index (χ4v) is 2.89. The Hall–Kier alpha value is -0.590. The number of hydrazine groups is 1. The van der Waals surface area contributed by atoms with E-state index in [1.807, 2.05) is 13.1 Å². The molecule has 0 aliphatic rings. The van der Waals surface area contributed by atoms with Crippen molar-refractivity contribution in [2.24, 2.45) is 12.9 Å². The van der Waals surface area contributed by atoms with Crippen LogP contribution in [0.5, 0.6) is 0 Å². The molecule has 0 radical (unpaired) electrons. The summed E-state index contributed by atoms with van der Waals surface area (Å²) in [4.78, 5) is 0. The van der Waals surface area contributed by atoms with Gasteiger partial charge in [0.25, 0.3) is 0 Å². The Morgan fingerprint density at radius 3 is 2.67 bits per heavy atom. The fraction of sp³-hybridized carbons (Fsp3) is 0.182. The number of nitrogens with two attached hydrogens (primary N) is 1. The maximum absolute atomic E-state index is 6.20. The molecule has 1 aromatic carbocycles. The molecule has 3 N–H and O–H groups in total. The van der Waals surface area contributed by atoms with Crippen LogP contribution in [0.4, 0.5) is 0 Å². The Kier molecular flexibility index (Phi) is 4.29. The van der Waals surface area contributed by atoms with Crippen molar-refractivity contribution in [3.63, 3.8) is 0 Å². The van der Waals surface area contributed by atoms with Gasteiger partial charge in [-0.2, -0.15) is 5.10 Å². The molecule has 0 aliphatic carbocycles. The molecule has 1 heterocycles. The van der Waals surface area contributed by atoms with Crippen molar-refractivity contribution in [2.75, 3.05) is 0 Å². The molecule has 7 heteroatoms. The zero-order valence-corrected chi connectivity index (χ0v) is 12.6. The molecule has 1 aromatic heterocycles. The summed E-state index contributed by atoms with van der Waals surface area (Å²) >= 11 is 15.5. The number of nitrogens with zero attached hydrogens (tertiary/aromatic N) is 2. The summed E-state index contributed by atoms with van der Waals surface area (Å²) in [5.41, 5.74) is 4.48. The third kappa shape index (κ3) is 2.55. The lowest BCUT2D eigenvalue weighted by Gasteiger charge is -2.19. The van der Waals surface area contributed by atoms with Gasteiger partial charge in [-0.3, -0.25) is 10.5 Å². The van der Waals surface area contributed by atoms with Crippen molar-refractivity contribution in [2.45, 2.75) is 6.04 Å². The van der Waals surface area contributed by atoms with Gasteiger partial charge >= 0.3 is 0 Å².